The molecule has 0 aromatic heterocycles. The summed E-state index contributed by atoms with van der Waals surface area (Å²) in [5.41, 5.74) is -2.88. The Morgan fingerprint density at radius 3 is 2.28 bits per heavy atom. The molecule has 0 aliphatic carbocycles. The number of hydroxylamine groups is 1. The summed E-state index contributed by atoms with van der Waals surface area (Å²) in [5, 5.41) is 5.70. The lowest BCUT2D eigenvalue weighted by Crippen LogP contribution is -2.43. The highest BCUT2D eigenvalue weighted by atomic mass is 79.9. The van der Waals surface area contributed by atoms with E-state index in [0.29, 0.717) is 29.0 Å². The standard InChI is InChI=1S/C26H20BrF6N3O3/c1-13(22(37)34-2)35-23(38)20-8-7-19(17-5-3-4-6-18(17)20)21-12-24(39-36-21,26(31,32)33)14-9-15(25(28,29)30)11-16(27)10-14/h3-13,36H,1-2H3,(H,34,37)(H,35,38). The van der Waals surface area contributed by atoms with Crippen molar-refractivity contribution in [2.75, 3.05) is 7.05 Å². The molecule has 13 heteroatoms. The van der Waals surface area contributed by atoms with Crippen LogP contribution in [0, 0.1) is 0 Å². The molecule has 0 bridgehead atoms. The summed E-state index contributed by atoms with van der Waals surface area (Å²) in [6.45, 7) is 1.49. The molecule has 3 aromatic carbocycles. The van der Waals surface area contributed by atoms with Gasteiger partial charge in [-0.1, -0.05) is 46.3 Å². The maximum Gasteiger partial charge on any atom is 0.428 e. The fourth-order valence-electron chi connectivity index (χ4n) is 4.23. The van der Waals surface area contributed by atoms with Crippen molar-refractivity contribution >= 4 is 44.2 Å². The third kappa shape index (κ3) is 5.33. The highest BCUT2D eigenvalue weighted by Gasteiger charge is 2.60. The molecule has 1 heterocycles. The van der Waals surface area contributed by atoms with Crippen LogP contribution in [0.1, 0.15) is 34.0 Å². The molecule has 0 spiro atoms. The average Bonchev–Trinajstić information content (AvgIpc) is 3.33. The van der Waals surface area contributed by atoms with Gasteiger partial charge in [-0.05, 0) is 48.0 Å². The molecule has 2 amide bonds. The van der Waals surface area contributed by atoms with E-state index in [1.54, 1.807) is 24.3 Å². The molecule has 3 aromatic rings. The van der Waals surface area contributed by atoms with Gasteiger partial charge in [0.15, 0.2) is 0 Å². The minimum Gasteiger partial charge on any atom is -0.357 e. The van der Waals surface area contributed by atoms with Gasteiger partial charge in [-0.2, -0.15) is 26.3 Å². The van der Waals surface area contributed by atoms with Gasteiger partial charge in [0.25, 0.3) is 5.91 Å². The predicted octanol–water partition coefficient (Wildman–Crippen LogP) is 5.82. The number of nitrogens with one attached hydrogen (secondary N) is 3. The SMILES string of the molecule is CNC(=O)C(C)NC(=O)c1ccc(C2=CC(c3cc(Br)cc(C(F)(F)F)c3)(C(F)(F)F)ON2)c2ccccc12. The number of hydrogen-bond acceptors (Lipinski definition) is 4. The van der Waals surface area contributed by atoms with E-state index in [1.165, 1.54) is 26.1 Å². The lowest BCUT2D eigenvalue weighted by molar-refractivity contribution is -0.269. The summed E-state index contributed by atoms with van der Waals surface area (Å²) >= 11 is 2.86. The average molecular weight is 616 g/mol. The largest absolute Gasteiger partial charge is 0.428 e. The molecule has 4 rings (SSSR count). The minimum atomic E-state index is -5.16. The molecule has 2 unspecified atom stereocenters. The van der Waals surface area contributed by atoms with Gasteiger partial charge in [0, 0.05) is 28.2 Å². The second kappa shape index (κ2) is 10.2. The van der Waals surface area contributed by atoms with Crippen LogP contribution in [0.15, 0.2) is 65.1 Å². The smallest absolute Gasteiger partial charge is 0.357 e. The molecule has 6 nitrogen and oxygen atoms in total. The van der Waals surface area contributed by atoms with Gasteiger partial charge in [-0.15, -0.1) is 0 Å². The Hall–Kier alpha value is -3.58. The van der Waals surface area contributed by atoms with E-state index in [-0.39, 0.29) is 21.3 Å². The van der Waals surface area contributed by atoms with Crippen LogP contribution in [0.4, 0.5) is 26.3 Å². The molecule has 2 atom stereocenters. The topological polar surface area (TPSA) is 79.5 Å². The van der Waals surface area contributed by atoms with Crippen LogP contribution in [0.25, 0.3) is 16.5 Å². The number of hydrogen-bond donors (Lipinski definition) is 3. The van der Waals surface area contributed by atoms with Crippen molar-refractivity contribution < 1.29 is 40.8 Å². The predicted molar refractivity (Wildman–Crippen MR) is 134 cm³/mol. The number of fused-ring (bicyclic) bond motifs is 1. The fraction of sp³-hybridized carbons (Fsp3) is 0.231. The summed E-state index contributed by atoms with van der Waals surface area (Å²) in [4.78, 5) is 29.7. The number of carbonyl (C=O) groups is 2. The van der Waals surface area contributed by atoms with E-state index in [0.717, 1.165) is 6.07 Å². The molecule has 1 aliphatic heterocycles. The van der Waals surface area contributed by atoms with Crippen LogP contribution >= 0.6 is 15.9 Å². The normalized spacial score (nSPS) is 18.3. The van der Waals surface area contributed by atoms with Gasteiger partial charge in [0.1, 0.15) is 6.04 Å². The van der Waals surface area contributed by atoms with Crippen molar-refractivity contribution in [2.45, 2.75) is 30.9 Å². The summed E-state index contributed by atoms with van der Waals surface area (Å²) in [7, 11) is 1.42. The van der Waals surface area contributed by atoms with E-state index >= 15 is 0 Å². The lowest BCUT2D eigenvalue weighted by atomic mass is 9.89. The number of likely N-dealkylation sites (N-methyl/N-ethyl adjacent to an activating group) is 1. The first kappa shape index (κ1) is 28.4. The molecule has 3 N–H and O–H groups in total. The second-order valence-electron chi connectivity index (χ2n) is 8.74. The van der Waals surface area contributed by atoms with Gasteiger partial charge >= 0.3 is 12.4 Å². The quantitative estimate of drug-likeness (QED) is 0.316. The Kier molecular flexibility index (Phi) is 7.43. The van der Waals surface area contributed by atoms with E-state index in [1.807, 2.05) is 0 Å². The molecule has 0 saturated heterocycles. The summed E-state index contributed by atoms with van der Waals surface area (Å²) < 4.78 is 83.3. The molecule has 1 aliphatic rings. The number of carbonyl (C=O) groups excluding carboxylic acids is 2. The monoisotopic (exact) mass is 615 g/mol. The Morgan fingerprint density at radius 1 is 1.00 bits per heavy atom. The van der Waals surface area contributed by atoms with Crippen LogP contribution in [-0.2, 0) is 21.4 Å². The van der Waals surface area contributed by atoms with Crippen LogP contribution in [0.2, 0.25) is 0 Å². The number of rotatable bonds is 5. The van der Waals surface area contributed by atoms with Gasteiger partial charge in [-0.25, -0.2) is 0 Å². The maximum atomic E-state index is 14.5. The second-order valence-corrected chi connectivity index (χ2v) is 9.65. The number of alkyl halides is 6. The van der Waals surface area contributed by atoms with Crippen molar-refractivity contribution in [1.82, 2.24) is 16.1 Å². The highest BCUT2D eigenvalue weighted by molar-refractivity contribution is 9.10. The molecular formula is C26H20BrF6N3O3. The third-order valence-corrected chi connectivity index (χ3v) is 6.65. The van der Waals surface area contributed by atoms with Crippen molar-refractivity contribution in [2.24, 2.45) is 0 Å². The summed E-state index contributed by atoms with van der Waals surface area (Å²) in [6, 6.07) is 10.3. The van der Waals surface area contributed by atoms with E-state index in [2.05, 4.69) is 32.0 Å². The summed E-state index contributed by atoms with van der Waals surface area (Å²) in [6.07, 6.45) is -9.38. The van der Waals surface area contributed by atoms with Crippen molar-refractivity contribution in [3.63, 3.8) is 0 Å². The van der Waals surface area contributed by atoms with Crippen LogP contribution in [0.5, 0.6) is 0 Å². The molecule has 0 radical (unpaired) electrons. The highest BCUT2D eigenvalue weighted by Crippen LogP contribution is 2.49. The Bertz CT molecular complexity index is 1490. The zero-order chi connectivity index (χ0) is 28.8. The van der Waals surface area contributed by atoms with Gasteiger partial charge in [-0.3, -0.25) is 19.9 Å². The first-order chi connectivity index (χ1) is 18.2. The zero-order valence-electron chi connectivity index (χ0n) is 20.2. The first-order valence-electron chi connectivity index (χ1n) is 11.3. The molecule has 39 heavy (non-hydrogen) atoms. The molecule has 0 saturated carbocycles. The molecular weight excluding hydrogens is 596 g/mol. The third-order valence-electron chi connectivity index (χ3n) is 6.19. The number of halogens is 7. The van der Waals surface area contributed by atoms with Crippen LogP contribution in [0.3, 0.4) is 0 Å². The van der Waals surface area contributed by atoms with E-state index in [4.69, 9.17) is 4.84 Å². The Labute approximate surface area is 226 Å². The van der Waals surface area contributed by atoms with Crippen molar-refractivity contribution in [3.8, 4) is 0 Å². The fourth-order valence-corrected chi connectivity index (χ4v) is 4.73. The Balaban J connectivity index is 1.83. The number of benzene rings is 3. The van der Waals surface area contributed by atoms with Crippen LogP contribution < -0.4 is 16.1 Å². The van der Waals surface area contributed by atoms with Gasteiger partial charge in [0.2, 0.25) is 11.5 Å². The van der Waals surface area contributed by atoms with Crippen molar-refractivity contribution in [1.29, 1.82) is 0 Å². The van der Waals surface area contributed by atoms with Crippen LogP contribution in [-0.4, -0.2) is 31.1 Å². The van der Waals surface area contributed by atoms with Gasteiger partial charge in [0.05, 0.1) is 11.3 Å². The molecule has 0 fully saturated rings. The number of amides is 2. The summed E-state index contributed by atoms with van der Waals surface area (Å²) in [5.74, 6) is -1.01. The van der Waals surface area contributed by atoms with E-state index < -0.39 is 46.9 Å². The molecule has 206 valence electrons. The minimum absolute atomic E-state index is 0.161. The first-order valence-corrected chi connectivity index (χ1v) is 12.1. The van der Waals surface area contributed by atoms with E-state index in [9.17, 15) is 35.9 Å². The lowest BCUT2D eigenvalue weighted by Gasteiger charge is -2.29. The maximum absolute atomic E-state index is 14.5. The van der Waals surface area contributed by atoms with Gasteiger partial charge < -0.3 is 10.6 Å². The zero-order valence-corrected chi connectivity index (χ0v) is 21.8. The van der Waals surface area contributed by atoms with Crippen molar-refractivity contribution in [3.05, 3.63) is 87.4 Å². The Morgan fingerprint density at radius 2 is 1.67 bits per heavy atom.